The molecular formula is C12H18FNO. The van der Waals surface area contributed by atoms with Crippen molar-refractivity contribution < 1.29 is 9.13 Å². The van der Waals surface area contributed by atoms with Gasteiger partial charge in [-0.3, -0.25) is 0 Å². The summed E-state index contributed by atoms with van der Waals surface area (Å²) >= 11 is 0. The van der Waals surface area contributed by atoms with E-state index in [1.807, 2.05) is 0 Å². The number of benzene rings is 1. The Morgan fingerprint density at radius 3 is 2.73 bits per heavy atom. The van der Waals surface area contributed by atoms with Gasteiger partial charge in [-0.15, -0.1) is 0 Å². The highest BCUT2D eigenvalue weighted by atomic mass is 19.1. The number of rotatable bonds is 6. The second-order valence-corrected chi connectivity index (χ2v) is 3.55. The fourth-order valence-corrected chi connectivity index (χ4v) is 1.36. The monoisotopic (exact) mass is 211 g/mol. The molecule has 0 spiro atoms. The minimum Gasteiger partial charge on any atom is -0.493 e. The summed E-state index contributed by atoms with van der Waals surface area (Å²) in [5, 5.41) is 0. The quantitative estimate of drug-likeness (QED) is 0.734. The predicted molar refractivity (Wildman–Crippen MR) is 59.3 cm³/mol. The van der Waals surface area contributed by atoms with Crippen molar-refractivity contribution >= 4 is 0 Å². The molecule has 0 aliphatic heterocycles. The van der Waals surface area contributed by atoms with E-state index >= 15 is 0 Å². The Kier molecular flexibility index (Phi) is 5.12. The van der Waals surface area contributed by atoms with E-state index in [0.717, 1.165) is 24.8 Å². The van der Waals surface area contributed by atoms with E-state index in [4.69, 9.17) is 10.5 Å². The van der Waals surface area contributed by atoms with Crippen LogP contribution in [-0.2, 0) is 6.54 Å². The average Bonchev–Trinajstić information content (AvgIpc) is 2.23. The molecule has 0 aliphatic rings. The second kappa shape index (κ2) is 6.40. The van der Waals surface area contributed by atoms with Crippen LogP contribution in [0.3, 0.4) is 0 Å². The highest BCUT2D eigenvalue weighted by Gasteiger charge is 2.00. The van der Waals surface area contributed by atoms with E-state index in [1.165, 1.54) is 12.1 Å². The zero-order valence-corrected chi connectivity index (χ0v) is 9.13. The second-order valence-electron chi connectivity index (χ2n) is 3.55. The van der Waals surface area contributed by atoms with Gasteiger partial charge in [-0.05, 0) is 24.1 Å². The number of hydrogen-bond donors (Lipinski definition) is 1. The molecule has 0 aromatic heterocycles. The number of unbranched alkanes of at least 4 members (excludes halogenated alkanes) is 2. The van der Waals surface area contributed by atoms with Crippen LogP contribution in [0, 0.1) is 5.82 Å². The molecule has 2 nitrogen and oxygen atoms in total. The zero-order chi connectivity index (χ0) is 11.1. The molecular weight excluding hydrogens is 193 g/mol. The van der Waals surface area contributed by atoms with Crippen LogP contribution in [0.15, 0.2) is 18.2 Å². The van der Waals surface area contributed by atoms with Gasteiger partial charge in [-0.2, -0.15) is 0 Å². The van der Waals surface area contributed by atoms with Crippen LogP contribution in [0.4, 0.5) is 4.39 Å². The summed E-state index contributed by atoms with van der Waals surface area (Å²) in [5.41, 5.74) is 6.21. The van der Waals surface area contributed by atoms with Gasteiger partial charge in [0.05, 0.1) is 6.61 Å². The fourth-order valence-electron chi connectivity index (χ4n) is 1.36. The van der Waals surface area contributed by atoms with Crippen LogP contribution in [-0.4, -0.2) is 6.61 Å². The first-order chi connectivity index (χ1) is 7.26. The van der Waals surface area contributed by atoms with Crippen molar-refractivity contribution in [3.63, 3.8) is 0 Å². The molecule has 0 heterocycles. The Bertz CT molecular complexity index is 302. The van der Waals surface area contributed by atoms with Crippen molar-refractivity contribution in [1.29, 1.82) is 0 Å². The number of ether oxygens (including phenoxy) is 1. The fraction of sp³-hybridized carbons (Fsp3) is 0.500. The zero-order valence-electron chi connectivity index (χ0n) is 9.13. The molecule has 0 saturated carbocycles. The third-order valence-electron chi connectivity index (χ3n) is 2.18. The van der Waals surface area contributed by atoms with Crippen molar-refractivity contribution in [3.8, 4) is 5.75 Å². The molecule has 1 rings (SSSR count). The summed E-state index contributed by atoms with van der Waals surface area (Å²) in [7, 11) is 0. The summed E-state index contributed by atoms with van der Waals surface area (Å²) in [6.45, 7) is 3.11. The first-order valence-electron chi connectivity index (χ1n) is 5.38. The van der Waals surface area contributed by atoms with Gasteiger partial charge in [0.1, 0.15) is 11.6 Å². The molecule has 15 heavy (non-hydrogen) atoms. The standard InChI is InChI=1S/C12H18FNO/c1-2-3-4-5-15-12-7-10(9-14)6-11(13)8-12/h6-8H,2-5,9,14H2,1H3. The van der Waals surface area contributed by atoms with Gasteiger partial charge in [0.25, 0.3) is 0 Å². The molecule has 3 heteroatoms. The summed E-state index contributed by atoms with van der Waals surface area (Å²) < 4.78 is 18.5. The van der Waals surface area contributed by atoms with E-state index in [0.29, 0.717) is 18.9 Å². The van der Waals surface area contributed by atoms with Gasteiger partial charge < -0.3 is 10.5 Å². The summed E-state index contributed by atoms with van der Waals surface area (Å²) in [4.78, 5) is 0. The third kappa shape index (κ3) is 4.30. The van der Waals surface area contributed by atoms with Gasteiger partial charge in [-0.1, -0.05) is 19.8 Å². The van der Waals surface area contributed by atoms with Gasteiger partial charge in [0.2, 0.25) is 0 Å². The molecule has 1 aromatic rings. The van der Waals surface area contributed by atoms with Crippen LogP contribution in [0.25, 0.3) is 0 Å². The smallest absolute Gasteiger partial charge is 0.127 e. The first kappa shape index (κ1) is 12.0. The largest absolute Gasteiger partial charge is 0.493 e. The molecule has 0 bridgehead atoms. The predicted octanol–water partition coefficient (Wildman–Crippen LogP) is 2.85. The Morgan fingerprint density at radius 1 is 1.27 bits per heavy atom. The van der Waals surface area contributed by atoms with Gasteiger partial charge in [-0.25, -0.2) is 4.39 Å². The molecule has 0 aliphatic carbocycles. The molecule has 84 valence electrons. The maximum atomic E-state index is 13.1. The molecule has 2 N–H and O–H groups in total. The Morgan fingerprint density at radius 2 is 2.07 bits per heavy atom. The number of hydrogen-bond acceptors (Lipinski definition) is 2. The van der Waals surface area contributed by atoms with E-state index in [1.54, 1.807) is 6.07 Å². The number of nitrogens with two attached hydrogens (primary N) is 1. The Balaban J connectivity index is 2.49. The average molecular weight is 211 g/mol. The maximum absolute atomic E-state index is 13.1. The van der Waals surface area contributed by atoms with Crippen molar-refractivity contribution in [2.24, 2.45) is 5.73 Å². The molecule has 1 aromatic carbocycles. The third-order valence-corrected chi connectivity index (χ3v) is 2.18. The summed E-state index contributed by atoms with van der Waals surface area (Å²) in [5.74, 6) is 0.287. The topological polar surface area (TPSA) is 35.2 Å². The van der Waals surface area contributed by atoms with Crippen LogP contribution < -0.4 is 10.5 Å². The van der Waals surface area contributed by atoms with Crippen molar-refractivity contribution in [3.05, 3.63) is 29.6 Å². The normalized spacial score (nSPS) is 10.3. The van der Waals surface area contributed by atoms with Crippen LogP contribution in [0.2, 0.25) is 0 Å². The summed E-state index contributed by atoms with van der Waals surface area (Å²) in [6, 6.07) is 4.61. The lowest BCUT2D eigenvalue weighted by atomic mass is 10.2. The lowest BCUT2D eigenvalue weighted by Gasteiger charge is -2.07. The van der Waals surface area contributed by atoms with Crippen LogP contribution in [0.5, 0.6) is 5.75 Å². The van der Waals surface area contributed by atoms with E-state index in [9.17, 15) is 4.39 Å². The van der Waals surface area contributed by atoms with Crippen molar-refractivity contribution in [2.75, 3.05) is 6.61 Å². The first-order valence-corrected chi connectivity index (χ1v) is 5.38. The number of halogens is 1. The lowest BCUT2D eigenvalue weighted by Crippen LogP contribution is -2.01. The van der Waals surface area contributed by atoms with Gasteiger partial charge in [0.15, 0.2) is 0 Å². The molecule has 0 amide bonds. The van der Waals surface area contributed by atoms with E-state index in [-0.39, 0.29) is 5.82 Å². The van der Waals surface area contributed by atoms with Crippen LogP contribution >= 0.6 is 0 Å². The minimum absolute atomic E-state index is 0.288. The highest BCUT2D eigenvalue weighted by molar-refractivity contribution is 5.29. The highest BCUT2D eigenvalue weighted by Crippen LogP contribution is 2.16. The maximum Gasteiger partial charge on any atom is 0.127 e. The van der Waals surface area contributed by atoms with Crippen molar-refractivity contribution in [2.45, 2.75) is 32.7 Å². The lowest BCUT2D eigenvalue weighted by molar-refractivity contribution is 0.304. The van der Waals surface area contributed by atoms with E-state index < -0.39 is 0 Å². The summed E-state index contributed by atoms with van der Waals surface area (Å²) in [6.07, 6.45) is 3.30. The Labute approximate surface area is 90.2 Å². The Hall–Kier alpha value is -1.09. The van der Waals surface area contributed by atoms with E-state index in [2.05, 4.69) is 6.92 Å². The molecule has 0 atom stereocenters. The molecule has 0 unspecified atom stereocenters. The van der Waals surface area contributed by atoms with Gasteiger partial charge in [0, 0.05) is 12.6 Å². The SMILES string of the molecule is CCCCCOc1cc(F)cc(CN)c1. The van der Waals surface area contributed by atoms with Crippen molar-refractivity contribution in [1.82, 2.24) is 0 Å². The molecule has 0 radical (unpaired) electrons. The van der Waals surface area contributed by atoms with Crippen LogP contribution in [0.1, 0.15) is 31.7 Å². The molecule has 0 fully saturated rings. The minimum atomic E-state index is -0.288. The molecule has 0 saturated heterocycles. The van der Waals surface area contributed by atoms with Gasteiger partial charge >= 0.3 is 0 Å².